The lowest BCUT2D eigenvalue weighted by Crippen LogP contribution is -2.57. The fourth-order valence-electron chi connectivity index (χ4n) is 11.3. The molecule has 4 saturated heterocycles. The van der Waals surface area contributed by atoms with Crippen LogP contribution in [0.3, 0.4) is 0 Å². The second kappa shape index (κ2) is 15.9. The molecule has 0 aliphatic carbocycles. The van der Waals surface area contributed by atoms with E-state index in [0.717, 1.165) is 61.5 Å². The monoisotopic (exact) mass is 849 g/mol. The molecule has 1 aromatic heterocycles. The van der Waals surface area contributed by atoms with E-state index in [9.17, 15) is 4.79 Å². The Morgan fingerprint density at radius 3 is 2.35 bits per heavy atom. The van der Waals surface area contributed by atoms with Crippen LogP contribution in [0.2, 0.25) is 21.6 Å². The largest absolute Gasteiger partial charge is 0.461 e. The van der Waals surface area contributed by atoms with Crippen molar-refractivity contribution in [2.75, 3.05) is 37.7 Å². The van der Waals surface area contributed by atoms with Crippen LogP contribution in [0, 0.1) is 17.3 Å². The number of anilines is 1. The standard InChI is InChI=1S/C49H61ClFN5O3Si/c1-30(2)60(31(3)4,32(5)6)23-20-35-15-11-14-34-16-12-17-38(41(34)35)42-40(50)24-39-44(43(42)51)52-46(58-29-49-21-13-22-55(49)26-33(7)25-49)53-45(39)54-27-36-18-19-37(28-54)56(36)47(57)59-48(8,9)10/h11-12,14-17,24,30-32,36-37H,7,13,18-19,21-22,25-29H2,1-6,8-10H3/t36-,37+,49?. The van der Waals surface area contributed by atoms with E-state index < -0.39 is 19.5 Å². The van der Waals surface area contributed by atoms with E-state index in [4.69, 9.17) is 31.0 Å². The summed E-state index contributed by atoms with van der Waals surface area (Å²) < 4.78 is 30.2. The van der Waals surface area contributed by atoms with Gasteiger partial charge in [-0.05, 0) is 99.1 Å². The predicted octanol–water partition coefficient (Wildman–Crippen LogP) is 11.6. The molecule has 3 atom stereocenters. The molecule has 4 fully saturated rings. The molecular formula is C49H61ClFN5O3Si. The average Bonchev–Trinajstić information content (AvgIpc) is 3.79. The third kappa shape index (κ3) is 7.47. The number of benzene rings is 3. The van der Waals surface area contributed by atoms with Gasteiger partial charge in [0.15, 0.2) is 5.82 Å². The number of carbonyl (C=O) groups excluding carboxylic acids is 1. The van der Waals surface area contributed by atoms with Crippen molar-refractivity contribution >= 4 is 53.3 Å². The third-order valence-electron chi connectivity index (χ3n) is 13.9. The van der Waals surface area contributed by atoms with Gasteiger partial charge < -0.3 is 14.4 Å². The van der Waals surface area contributed by atoms with Crippen LogP contribution in [-0.2, 0) is 4.74 Å². The van der Waals surface area contributed by atoms with Gasteiger partial charge in [0.25, 0.3) is 0 Å². The lowest BCUT2D eigenvalue weighted by atomic mass is 9.93. The van der Waals surface area contributed by atoms with Crippen molar-refractivity contribution in [1.82, 2.24) is 19.8 Å². The van der Waals surface area contributed by atoms with Gasteiger partial charge in [-0.2, -0.15) is 9.97 Å². The second-order valence-corrected chi connectivity index (χ2v) is 25.8. The quantitative estimate of drug-likeness (QED) is 0.0993. The summed E-state index contributed by atoms with van der Waals surface area (Å²) in [4.78, 5) is 29.9. The number of aromatic nitrogens is 2. The van der Waals surface area contributed by atoms with Crippen LogP contribution >= 0.6 is 11.6 Å². The Labute approximate surface area is 361 Å². The summed E-state index contributed by atoms with van der Waals surface area (Å²) in [5, 5.41) is 2.61. The van der Waals surface area contributed by atoms with Crippen LogP contribution in [0.1, 0.15) is 100.0 Å². The minimum Gasteiger partial charge on any atom is -0.461 e. The molecule has 4 aliphatic rings. The first kappa shape index (κ1) is 42.5. The van der Waals surface area contributed by atoms with Gasteiger partial charge in [-0.3, -0.25) is 9.80 Å². The Kier molecular flexibility index (Phi) is 11.3. The van der Waals surface area contributed by atoms with E-state index in [1.54, 1.807) is 0 Å². The summed E-state index contributed by atoms with van der Waals surface area (Å²) in [6.45, 7) is 27.1. The van der Waals surface area contributed by atoms with Gasteiger partial charge >= 0.3 is 12.1 Å². The number of hydrogen-bond donors (Lipinski definition) is 0. The lowest BCUT2D eigenvalue weighted by Gasteiger charge is -2.42. The number of hydrogen-bond acceptors (Lipinski definition) is 7. The molecule has 0 N–H and O–H groups in total. The highest BCUT2D eigenvalue weighted by Crippen LogP contribution is 2.46. The molecule has 0 saturated carbocycles. The molecule has 3 aromatic carbocycles. The highest BCUT2D eigenvalue weighted by Gasteiger charge is 2.48. The summed E-state index contributed by atoms with van der Waals surface area (Å²) in [6, 6.07) is 13.9. The maximum atomic E-state index is 17.8. The molecule has 60 heavy (non-hydrogen) atoms. The maximum absolute atomic E-state index is 17.8. The molecule has 5 heterocycles. The zero-order valence-corrected chi connectivity index (χ0v) is 38.7. The Bertz CT molecular complexity index is 2380. The molecule has 11 heteroatoms. The number of nitrogens with zero attached hydrogens (tertiary/aromatic N) is 5. The van der Waals surface area contributed by atoms with Crippen molar-refractivity contribution in [3.63, 3.8) is 0 Å². The topological polar surface area (TPSA) is 71.0 Å². The van der Waals surface area contributed by atoms with Crippen molar-refractivity contribution in [3.8, 4) is 28.6 Å². The van der Waals surface area contributed by atoms with Gasteiger partial charge in [-0.1, -0.05) is 102 Å². The molecule has 2 bridgehead atoms. The minimum absolute atomic E-state index is 0.0814. The Balaban J connectivity index is 1.26. The van der Waals surface area contributed by atoms with Crippen molar-refractivity contribution in [2.24, 2.45) is 0 Å². The Morgan fingerprint density at radius 2 is 1.70 bits per heavy atom. The first-order chi connectivity index (χ1) is 28.4. The van der Waals surface area contributed by atoms with Crippen LogP contribution in [0.25, 0.3) is 32.8 Å². The first-order valence-corrected chi connectivity index (χ1v) is 24.6. The fourth-order valence-corrected chi connectivity index (χ4v) is 16.8. The summed E-state index contributed by atoms with van der Waals surface area (Å²) >= 11 is 7.28. The summed E-state index contributed by atoms with van der Waals surface area (Å²) in [6.07, 6.45) is 4.34. The second-order valence-electron chi connectivity index (χ2n) is 19.8. The summed E-state index contributed by atoms with van der Waals surface area (Å²) in [7, 11) is -2.07. The van der Waals surface area contributed by atoms with E-state index in [0.29, 0.717) is 53.1 Å². The lowest BCUT2D eigenvalue weighted by molar-refractivity contribution is 0.0122. The molecule has 4 aliphatic heterocycles. The van der Waals surface area contributed by atoms with Crippen LogP contribution in [-0.4, -0.2) is 89.9 Å². The highest BCUT2D eigenvalue weighted by molar-refractivity contribution is 6.90. The number of rotatable bonds is 8. The molecule has 0 radical (unpaired) electrons. The zero-order chi connectivity index (χ0) is 42.9. The SMILES string of the molecule is C=C1CN2CCCC2(COc2nc(N3C[C@H]4CC[C@@H](C3)N4C(=O)OC(C)(C)C)c3cc(Cl)c(-c4cccc5cccc(C#C[Si](C(C)C)(C(C)C)C(C)C)c45)c(F)c3n2)C1. The molecule has 1 amide bonds. The number of ether oxygens (including phenoxy) is 2. The summed E-state index contributed by atoms with van der Waals surface area (Å²) in [5.74, 6) is 3.70. The van der Waals surface area contributed by atoms with Crippen LogP contribution in [0.15, 0.2) is 54.6 Å². The fraction of sp³-hybridized carbons (Fsp3) is 0.531. The smallest absolute Gasteiger partial charge is 0.410 e. The van der Waals surface area contributed by atoms with Gasteiger partial charge in [-0.15, -0.1) is 5.54 Å². The molecule has 8 rings (SSSR count). The van der Waals surface area contributed by atoms with E-state index >= 15 is 4.39 Å². The van der Waals surface area contributed by atoms with Crippen LogP contribution in [0.5, 0.6) is 6.01 Å². The van der Waals surface area contributed by atoms with Gasteiger partial charge in [0.2, 0.25) is 0 Å². The number of fused-ring (bicyclic) bond motifs is 5. The van der Waals surface area contributed by atoms with Gasteiger partial charge in [0, 0.05) is 41.5 Å². The Morgan fingerprint density at radius 1 is 1.03 bits per heavy atom. The number of piperazine rings is 1. The highest BCUT2D eigenvalue weighted by atomic mass is 35.5. The normalized spacial score (nSPS) is 22.1. The van der Waals surface area contributed by atoms with E-state index in [1.807, 2.05) is 56.0 Å². The first-order valence-electron chi connectivity index (χ1n) is 22.0. The molecule has 4 aromatic rings. The predicted molar refractivity (Wildman–Crippen MR) is 245 cm³/mol. The third-order valence-corrected chi connectivity index (χ3v) is 20.5. The van der Waals surface area contributed by atoms with E-state index in [1.165, 1.54) is 5.57 Å². The Hall–Kier alpha value is -4.17. The van der Waals surface area contributed by atoms with Gasteiger partial charge in [0.1, 0.15) is 31.6 Å². The minimum atomic E-state index is -2.07. The molecule has 8 nitrogen and oxygen atoms in total. The number of amides is 1. The van der Waals surface area contributed by atoms with Crippen LogP contribution in [0.4, 0.5) is 15.0 Å². The average molecular weight is 851 g/mol. The number of halogens is 2. The molecule has 1 unspecified atom stereocenters. The maximum Gasteiger partial charge on any atom is 0.410 e. The summed E-state index contributed by atoms with van der Waals surface area (Å²) in [5.41, 5.74) is 7.70. The zero-order valence-electron chi connectivity index (χ0n) is 36.9. The van der Waals surface area contributed by atoms with E-state index in [2.05, 4.69) is 81.5 Å². The molecule has 318 valence electrons. The van der Waals surface area contributed by atoms with Crippen molar-refractivity contribution in [2.45, 2.75) is 134 Å². The van der Waals surface area contributed by atoms with Gasteiger partial charge in [-0.25, -0.2) is 9.18 Å². The molecular weight excluding hydrogens is 789 g/mol. The number of carbonyl (C=O) groups is 1. The van der Waals surface area contributed by atoms with Gasteiger partial charge in [0.05, 0.1) is 22.6 Å². The van der Waals surface area contributed by atoms with Crippen molar-refractivity contribution in [3.05, 3.63) is 71.0 Å². The van der Waals surface area contributed by atoms with E-state index in [-0.39, 0.29) is 45.8 Å². The van der Waals surface area contributed by atoms with Crippen molar-refractivity contribution < 1.29 is 18.7 Å². The van der Waals surface area contributed by atoms with Crippen LogP contribution < -0.4 is 9.64 Å². The van der Waals surface area contributed by atoms with Crippen molar-refractivity contribution in [1.29, 1.82) is 0 Å². The molecule has 0 spiro atoms.